The summed E-state index contributed by atoms with van der Waals surface area (Å²) < 4.78 is 0. The second-order valence-electron chi connectivity index (χ2n) is 7.66. The van der Waals surface area contributed by atoms with Gasteiger partial charge in [-0.05, 0) is 38.3 Å². The van der Waals surface area contributed by atoms with E-state index in [4.69, 9.17) is 0 Å². The van der Waals surface area contributed by atoms with Crippen LogP contribution in [0.3, 0.4) is 0 Å². The largest absolute Gasteiger partial charge is 0.339 e. The maximum Gasteiger partial charge on any atom is 0.228 e. The van der Waals surface area contributed by atoms with Crippen LogP contribution in [0.2, 0.25) is 0 Å². The van der Waals surface area contributed by atoms with E-state index >= 15 is 0 Å². The summed E-state index contributed by atoms with van der Waals surface area (Å²) in [4.78, 5) is 28.4. The first-order valence-corrected chi connectivity index (χ1v) is 8.66. The maximum atomic E-state index is 12.3. The van der Waals surface area contributed by atoms with Crippen molar-refractivity contribution in [3.05, 3.63) is 0 Å². The van der Waals surface area contributed by atoms with E-state index in [9.17, 15) is 9.59 Å². The molecule has 0 aromatic carbocycles. The summed E-state index contributed by atoms with van der Waals surface area (Å²) in [5, 5.41) is 3.36. The zero-order chi connectivity index (χ0) is 16.2. The Morgan fingerprint density at radius 2 is 1.55 bits per heavy atom. The molecule has 5 heteroatoms. The van der Waals surface area contributed by atoms with Crippen molar-refractivity contribution in [1.29, 1.82) is 0 Å². The first-order valence-electron chi connectivity index (χ1n) is 8.66. The van der Waals surface area contributed by atoms with Gasteiger partial charge in [-0.3, -0.25) is 9.59 Å². The molecule has 2 aliphatic heterocycles. The van der Waals surface area contributed by atoms with E-state index in [2.05, 4.69) is 5.32 Å². The van der Waals surface area contributed by atoms with Gasteiger partial charge in [-0.15, -0.1) is 0 Å². The fraction of sp³-hybridized carbons (Fsp3) is 0.882. The second-order valence-corrected chi connectivity index (χ2v) is 7.66. The van der Waals surface area contributed by atoms with Gasteiger partial charge in [0, 0.05) is 38.0 Å². The van der Waals surface area contributed by atoms with E-state index in [1.807, 2.05) is 30.6 Å². The normalized spacial score (nSPS) is 21.0. The van der Waals surface area contributed by atoms with E-state index in [-0.39, 0.29) is 17.2 Å². The Kier molecular flexibility index (Phi) is 5.84. The SMILES string of the molecule is CC(C)(C)C(=O)N1CCN(C(=O)CCC2CCNCC2)CC1. The Labute approximate surface area is 134 Å². The second kappa shape index (κ2) is 7.44. The summed E-state index contributed by atoms with van der Waals surface area (Å²) >= 11 is 0. The summed E-state index contributed by atoms with van der Waals surface area (Å²) in [6, 6.07) is 0. The molecule has 5 nitrogen and oxygen atoms in total. The van der Waals surface area contributed by atoms with Gasteiger partial charge in [0.25, 0.3) is 0 Å². The first-order chi connectivity index (χ1) is 10.4. The average molecular weight is 309 g/mol. The summed E-state index contributed by atoms with van der Waals surface area (Å²) in [7, 11) is 0. The molecule has 0 atom stereocenters. The molecule has 0 bridgehead atoms. The molecule has 1 N–H and O–H groups in total. The maximum absolute atomic E-state index is 12.3. The number of rotatable bonds is 3. The number of carbonyl (C=O) groups excluding carboxylic acids is 2. The monoisotopic (exact) mass is 309 g/mol. The van der Waals surface area contributed by atoms with E-state index in [0.717, 1.165) is 19.5 Å². The molecule has 0 spiro atoms. The van der Waals surface area contributed by atoms with E-state index < -0.39 is 0 Å². The van der Waals surface area contributed by atoms with Crippen LogP contribution < -0.4 is 5.32 Å². The van der Waals surface area contributed by atoms with Crippen molar-refractivity contribution in [3.8, 4) is 0 Å². The summed E-state index contributed by atoms with van der Waals surface area (Å²) in [6.07, 6.45) is 4.07. The number of nitrogens with one attached hydrogen (secondary N) is 1. The van der Waals surface area contributed by atoms with Crippen LogP contribution in [-0.2, 0) is 9.59 Å². The average Bonchev–Trinajstić information content (AvgIpc) is 2.52. The highest BCUT2D eigenvalue weighted by molar-refractivity contribution is 5.82. The Morgan fingerprint density at radius 1 is 1.00 bits per heavy atom. The van der Waals surface area contributed by atoms with Crippen LogP contribution in [0, 0.1) is 11.3 Å². The zero-order valence-electron chi connectivity index (χ0n) is 14.4. The minimum atomic E-state index is -0.332. The van der Waals surface area contributed by atoms with Gasteiger partial charge in [0.05, 0.1) is 0 Å². The van der Waals surface area contributed by atoms with Gasteiger partial charge in [-0.2, -0.15) is 0 Å². The number of piperidine rings is 1. The third kappa shape index (κ3) is 4.70. The van der Waals surface area contributed by atoms with Crippen LogP contribution in [0.15, 0.2) is 0 Å². The lowest BCUT2D eigenvalue weighted by Gasteiger charge is -2.38. The van der Waals surface area contributed by atoms with Crippen LogP contribution in [-0.4, -0.2) is 60.9 Å². The quantitative estimate of drug-likeness (QED) is 0.859. The van der Waals surface area contributed by atoms with Crippen molar-refractivity contribution < 1.29 is 9.59 Å². The molecule has 2 heterocycles. The number of nitrogens with zero attached hydrogens (tertiary/aromatic N) is 2. The number of hydrogen-bond acceptors (Lipinski definition) is 3. The standard InChI is InChI=1S/C17H31N3O2/c1-17(2,3)16(22)20-12-10-19(11-13-20)15(21)5-4-14-6-8-18-9-7-14/h14,18H,4-13H2,1-3H3. The minimum absolute atomic E-state index is 0.189. The van der Waals surface area contributed by atoms with E-state index in [1.54, 1.807) is 0 Å². The van der Waals surface area contributed by atoms with Gasteiger partial charge < -0.3 is 15.1 Å². The molecule has 2 aliphatic rings. The van der Waals surface area contributed by atoms with Gasteiger partial charge >= 0.3 is 0 Å². The Bertz CT molecular complexity index is 389. The van der Waals surface area contributed by atoms with Crippen LogP contribution in [0.25, 0.3) is 0 Å². The summed E-state index contributed by atoms with van der Waals surface area (Å²) in [6.45, 7) is 10.8. The van der Waals surface area contributed by atoms with Crippen molar-refractivity contribution in [2.45, 2.75) is 46.5 Å². The lowest BCUT2D eigenvalue weighted by Crippen LogP contribution is -2.53. The molecule has 0 radical (unpaired) electrons. The molecule has 0 unspecified atom stereocenters. The minimum Gasteiger partial charge on any atom is -0.339 e. The van der Waals surface area contributed by atoms with Crippen molar-refractivity contribution in [3.63, 3.8) is 0 Å². The zero-order valence-corrected chi connectivity index (χ0v) is 14.4. The van der Waals surface area contributed by atoms with Crippen molar-refractivity contribution in [2.24, 2.45) is 11.3 Å². The fourth-order valence-electron chi connectivity index (χ4n) is 3.29. The smallest absolute Gasteiger partial charge is 0.228 e. The molecule has 2 fully saturated rings. The third-order valence-electron chi connectivity index (χ3n) is 4.79. The molecule has 2 rings (SSSR count). The van der Waals surface area contributed by atoms with Crippen LogP contribution in [0.4, 0.5) is 0 Å². The van der Waals surface area contributed by atoms with Crippen molar-refractivity contribution in [2.75, 3.05) is 39.3 Å². The number of piperazine rings is 1. The lowest BCUT2D eigenvalue weighted by molar-refractivity contribution is -0.145. The first kappa shape index (κ1) is 17.3. The topological polar surface area (TPSA) is 52.7 Å². The van der Waals surface area contributed by atoms with E-state index in [1.165, 1.54) is 12.8 Å². The van der Waals surface area contributed by atoms with E-state index in [0.29, 0.717) is 38.5 Å². The van der Waals surface area contributed by atoms with Gasteiger partial charge in [-0.1, -0.05) is 20.8 Å². The number of hydrogen-bond donors (Lipinski definition) is 1. The molecule has 0 saturated carbocycles. The van der Waals surface area contributed by atoms with Crippen molar-refractivity contribution >= 4 is 11.8 Å². The third-order valence-corrected chi connectivity index (χ3v) is 4.79. The molecule has 0 aromatic heterocycles. The van der Waals surface area contributed by atoms with Crippen LogP contribution >= 0.6 is 0 Å². The van der Waals surface area contributed by atoms with Gasteiger partial charge in [0.2, 0.25) is 11.8 Å². The molecular weight excluding hydrogens is 278 g/mol. The van der Waals surface area contributed by atoms with Crippen molar-refractivity contribution in [1.82, 2.24) is 15.1 Å². The Morgan fingerprint density at radius 3 is 2.09 bits per heavy atom. The predicted octanol–water partition coefficient (Wildman–Crippen LogP) is 1.48. The molecular formula is C17H31N3O2. The summed E-state index contributed by atoms with van der Waals surface area (Å²) in [5.41, 5.74) is -0.332. The lowest BCUT2D eigenvalue weighted by atomic mass is 9.93. The fourth-order valence-corrected chi connectivity index (χ4v) is 3.29. The van der Waals surface area contributed by atoms with Gasteiger partial charge in [-0.25, -0.2) is 0 Å². The molecule has 22 heavy (non-hydrogen) atoms. The van der Waals surface area contributed by atoms with Crippen LogP contribution in [0.1, 0.15) is 46.5 Å². The molecule has 0 aromatic rings. The van der Waals surface area contributed by atoms with Gasteiger partial charge in [0.1, 0.15) is 0 Å². The van der Waals surface area contributed by atoms with Gasteiger partial charge in [0.15, 0.2) is 0 Å². The highest BCUT2D eigenvalue weighted by atomic mass is 16.2. The number of amides is 2. The molecule has 2 amide bonds. The highest BCUT2D eigenvalue weighted by Gasteiger charge is 2.30. The van der Waals surface area contributed by atoms with Crippen LogP contribution in [0.5, 0.6) is 0 Å². The molecule has 126 valence electrons. The summed E-state index contributed by atoms with van der Waals surface area (Å²) in [5.74, 6) is 1.16. The molecule has 0 aliphatic carbocycles. The highest BCUT2D eigenvalue weighted by Crippen LogP contribution is 2.20. The molecule has 2 saturated heterocycles. The Balaban J connectivity index is 1.71. The number of carbonyl (C=O) groups is 2. The predicted molar refractivity (Wildman–Crippen MR) is 87.4 cm³/mol. The Hall–Kier alpha value is -1.10.